The first-order valence-electron chi connectivity index (χ1n) is 8.49. The van der Waals surface area contributed by atoms with Gasteiger partial charge in [0, 0.05) is 13.2 Å². The summed E-state index contributed by atoms with van der Waals surface area (Å²) >= 11 is 0. The van der Waals surface area contributed by atoms with Crippen LogP contribution in [0.5, 0.6) is 0 Å². The molecule has 0 atom stereocenters. The quantitative estimate of drug-likeness (QED) is 0.331. The molecule has 0 spiro atoms. The van der Waals surface area contributed by atoms with Crippen LogP contribution in [0.2, 0.25) is 0 Å². The van der Waals surface area contributed by atoms with Gasteiger partial charge in [0.1, 0.15) is 0 Å². The van der Waals surface area contributed by atoms with Crippen LogP contribution >= 0.6 is 15.2 Å². The Labute approximate surface area is 145 Å². The van der Waals surface area contributed by atoms with Gasteiger partial charge >= 0.3 is 15.2 Å². The van der Waals surface area contributed by atoms with Gasteiger partial charge in [-0.2, -0.15) is 0 Å². The van der Waals surface area contributed by atoms with Gasteiger partial charge in [-0.25, -0.2) is 0 Å². The first kappa shape index (κ1) is 24.2. The molecule has 0 saturated heterocycles. The molecule has 24 heavy (non-hydrogen) atoms. The average Bonchev–Trinajstić information content (AvgIpc) is 2.52. The molecule has 8 nitrogen and oxygen atoms in total. The van der Waals surface area contributed by atoms with Crippen LogP contribution < -0.4 is 5.73 Å². The van der Waals surface area contributed by atoms with E-state index in [-0.39, 0.29) is 39.6 Å². The molecule has 0 aliphatic rings. The normalized spacial score (nSPS) is 13.4. The summed E-state index contributed by atoms with van der Waals surface area (Å²) in [6, 6.07) is 0. The molecule has 0 radical (unpaired) electrons. The molecule has 0 bridgehead atoms. The van der Waals surface area contributed by atoms with E-state index in [1.54, 1.807) is 27.7 Å². The van der Waals surface area contributed by atoms with Crippen molar-refractivity contribution in [2.75, 3.05) is 39.6 Å². The van der Waals surface area contributed by atoms with E-state index < -0.39 is 20.3 Å². The lowest BCUT2D eigenvalue weighted by Crippen LogP contribution is -2.43. The maximum absolute atomic E-state index is 13.5. The second-order valence-electron chi connectivity index (χ2n) is 4.82. The SMILES string of the molecule is CCCCOC(CN)(P(=O)(OCC)OCC)P(=O)(OCC)OCC. The van der Waals surface area contributed by atoms with E-state index in [2.05, 4.69) is 0 Å². The minimum atomic E-state index is -4.04. The Balaban J connectivity index is 6.19. The van der Waals surface area contributed by atoms with Crippen LogP contribution in [0.1, 0.15) is 47.5 Å². The van der Waals surface area contributed by atoms with Crippen molar-refractivity contribution in [1.82, 2.24) is 0 Å². The zero-order valence-corrected chi connectivity index (χ0v) is 17.3. The molecule has 0 fully saturated rings. The van der Waals surface area contributed by atoms with Crippen molar-refractivity contribution in [2.24, 2.45) is 5.73 Å². The van der Waals surface area contributed by atoms with E-state index in [1.807, 2.05) is 6.92 Å². The van der Waals surface area contributed by atoms with Crippen LogP contribution in [0.3, 0.4) is 0 Å². The molecule has 0 aliphatic heterocycles. The van der Waals surface area contributed by atoms with E-state index in [4.69, 9.17) is 28.6 Å². The van der Waals surface area contributed by atoms with Gasteiger partial charge in [-0.1, -0.05) is 13.3 Å². The molecule has 0 unspecified atom stereocenters. The Morgan fingerprint density at radius 1 is 0.792 bits per heavy atom. The van der Waals surface area contributed by atoms with Gasteiger partial charge in [0.15, 0.2) is 0 Å². The summed E-state index contributed by atoms with van der Waals surface area (Å²) in [5.74, 6) is 0. The van der Waals surface area contributed by atoms with Crippen molar-refractivity contribution < 1.29 is 32.0 Å². The molecule has 0 amide bonds. The fraction of sp³-hybridized carbons (Fsp3) is 1.00. The number of unbranched alkanes of at least 4 members (excludes halogenated alkanes) is 1. The Morgan fingerprint density at radius 2 is 1.17 bits per heavy atom. The highest BCUT2D eigenvalue weighted by Crippen LogP contribution is 2.77. The maximum Gasteiger partial charge on any atom is 0.376 e. The highest BCUT2D eigenvalue weighted by atomic mass is 31.2. The number of ether oxygens (including phenoxy) is 1. The third kappa shape index (κ3) is 5.36. The summed E-state index contributed by atoms with van der Waals surface area (Å²) in [5, 5.41) is -1.99. The zero-order chi connectivity index (χ0) is 18.7. The van der Waals surface area contributed by atoms with Crippen molar-refractivity contribution in [3.63, 3.8) is 0 Å². The Kier molecular flexibility index (Phi) is 11.9. The smallest absolute Gasteiger partial charge is 0.351 e. The van der Waals surface area contributed by atoms with Crippen LogP contribution in [-0.2, 0) is 32.0 Å². The molecule has 0 aromatic rings. The third-order valence-corrected chi connectivity index (χ3v) is 9.35. The molecule has 0 aromatic heterocycles. The lowest BCUT2D eigenvalue weighted by Gasteiger charge is -2.40. The monoisotopic (exact) mass is 389 g/mol. The highest BCUT2D eigenvalue weighted by molar-refractivity contribution is 7.74. The summed E-state index contributed by atoms with van der Waals surface area (Å²) < 4.78 is 54.3. The van der Waals surface area contributed by atoms with Crippen LogP contribution in [0, 0.1) is 0 Å². The van der Waals surface area contributed by atoms with Crippen molar-refractivity contribution in [3.05, 3.63) is 0 Å². The van der Waals surface area contributed by atoms with Gasteiger partial charge < -0.3 is 28.6 Å². The first-order valence-corrected chi connectivity index (χ1v) is 11.6. The van der Waals surface area contributed by atoms with E-state index in [9.17, 15) is 9.13 Å². The van der Waals surface area contributed by atoms with Crippen molar-refractivity contribution in [3.8, 4) is 0 Å². The van der Waals surface area contributed by atoms with Crippen molar-refractivity contribution in [1.29, 1.82) is 0 Å². The van der Waals surface area contributed by atoms with Crippen LogP contribution in [-0.4, -0.2) is 44.7 Å². The second kappa shape index (κ2) is 11.8. The zero-order valence-electron chi connectivity index (χ0n) is 15.5. The number of rotatable bonds is 15. The molecule has 10 heteroatoms. The lowest BCUT2D eigenvalue weighted by molar-refractivity contribution is 0.0192. The average molecular weight is 389 g/mol. The van der Waals surface area contributed by atoms with Gasteiger partial charge in [0.05, 0.1) is 26.4 Å². The van der Waals surface area contributed by atoms with Crippen LogP contribution in [0.25, 0.3) is 0 Å². The summed E-state index contributed by atoms with van der Waals surface area (Å²) in [6.07, 6.45) is 1.50. The van der Waals surface area contributed by atoms with Gasteiger partial charge in [-0.05, 0) is 34.1 Å². The second-order valence-corrected chi connectivity index (χ2v) is 9.64. The molecule has 0 rings (SSSR count). The summed E-state index contributed by atoms with van der Waals surface area (Å²) in [6.45, 7) is 8.72. The number of hydrogen-bond donors (Lipinski definition) is 1. The molecular formula is C14H33NO7P2. The van der Waals surface area contributed by atoms with Gasteiger partial charge in [-0.3, -0.25) is 9.13 Å². The fourth-order valence-corrected chi connectivity index (χ4v) is 7.28. The van der Waals surface area contributed by atoms with Crippen LogP contribution in [0.4, 0.5) is 0 Å². The topological polar surface area (TPSA) is 106 Å². The number of hydrogen-bond acceptors (Lipinski definition) is 8. The van der Waals surface area contributed by atoms with E-state index in [1.165, 1.54) is 0 Å². The Morgan fingerprint density at radius 3 is 1.42 bits per heavy atom. The molecule has 2 N–H and O–H groups in total. The predicted octanol–water partition coefficient (Wildman–Crippen LogP) is 3.95. The third-order valence-electron chi connectivity index (χ3n) is 3.15. The maximum atomic E-state index is 13.5. The largest absolute Gasteiger partial charge is 0.376 e. The molecule has 0 aromatic carbocycles. The summed E-state index contributed by atoms with van der Waals surface area (Å²) in [7, 11) is -8.08. The van der Waals surface area contributed by atoms with E-state index in [0.717, 1.165) is 6.42 Å². The summed E-state index contributed by atoms with van der Waals surface area (Å²) in [4.78, 5) is 0. The standard InChI is InChI=1S/C14H33NO7P2/c1-6-11-12-18-14(13-15,23(16,19-7-2)20-8-3)24(17,21-9-4)22-10-5/h6-13,15H2,1-5H3. The minimum absolute atomic E-state index is 0.0778. The molecular weight excluding hydrogens is 356 g/mol. The minimum Gasteiger partial charge on any atom is -0.351 e. The predicted molar refractivity (Wildman–Crippen MR) is 94.4 cm³/mol. The highest BCUT2D eigenvalue weighted by Gasteiger charge is 2.66. The Hall–Kier alpha value is 0.220. The molecule has 0 saturated carbocycles. The van der Waals surface area contributed by atoms with Crippen LogP contribution in [0.15, 0.2) is 0 Å². The Bertz CT molecular complexity index is 383. The fourth-order valence-electron chi connectivity index (χ4n) is 2.13. The van der Waals surface area contributed by atoms with E-state index >= 15 is 0 Å². The summed E-state index contributed by atoms with van der Waals surface area (Å²) in [5.41, 5.74) is 5.89. The van der Waals surface area contributed by atoms with E-state index in [0.29, 0.717) is 6.42 Å². The van der Waals surface area contributed by atoms with Crippen molar-refractivity contribution >= 4 is 15.2 Å². The first-order chi connectivity index (χ1) is 11.4. The number of nitrogens with two attached hydrogens (primary N) is 1. The van der Waals surface area contributed by atoms with Gasteiger partial charge in [0.2, 0.25) is 0 Å². The molecule has 146 valence electrons. The molecule has 0 heterocycles. The van der Waals surface area contributed by atoms with Crippen molar-refractivity contribution in [2.45, 2.75) is 52.5 Å². The molecule has 0 aliphatic carbocycles. The van der Waals surface area contributed by atoms with Gasteiger partial charge in [0.25, 0.3) is 5.08 Å². The lowest BCUT2D eigenvalue weighted by atomic mass is 10.4. The van der Waals surface area contributed by atoms with Gasteiger partial charge in [-0.15, -0.1) is 0 Å².